The third-order valence-electron chi connectivity index (χ3n) is 3.20. The number of urea groups is 1. The van der Waals surface area contributed by atoms with E-state index in [-0.39, 0.29) is 12.1 Å². The maximum atomic E-state index is 12.1. The molecule has 2 N–H and O–H groups in total. The number of rotatable bonds is 5. The summed E-state index contributed by atoms with van der Waals surface area (Å²) in [6.45, 7) is 4.77. The van der Waals surface area contributed by atoms with Crippen LogP contribution in [0.25, 0.3) is 0 Å². The van der Waals surface area contributed by atoms with E-state index in [4.69, 9.17) is 0 Å². The van der Waals surface area contributed by atoms with Crippen molar-refractivity contribution in [2.45, 2.75) is 19.9 Å². The fourth-order valence-corrected chi connectivity index (χ4v) is 2.08. The molecule has 2 amide bonds. The molecule has 0 aliphatic heterocycles. The van der Waals surface area contributed by atoms with Crippen molar-refractivity contribution in [3.63, 3.8) is 0 Å². The number of carbonyl (C=O) groups is 1. The van der Waals surface area contributed by atoms with E-state index < -0.39 is 0 Å². The first-order valence-electron chi connectivity index (χ1n) is 7.14. The van der Waals surface area contributed by atoms with Gasteiger partial charge in [0, 0.05) is 26.0 Å². The van der Waals surface area contributed by atoms with Crippen LogP contribution >= 0.6 is 0 Å². The van der Waals surface area contributed by atoms with Crippen LogP contribution in [-0.2, 0) is 7.05 Å². The fraction of sp³-hybridized carbons (Fsp3) is 0.375. The van der Waals surface area contributed by atoms with Gasteiger partial charge in [0.1, 0.15) is 11.9 Å². The van der Waals surface area contributed by atoms with E-state index in [2.05, 4.69) is 29.5 Å². The summed E-state index contributed by atoms with van der Waals surface area (Å²) in [5.41, 5.74) is 1.01. The highest BCUT2D eigenvalue weighted by molar-refractivity contribution is 5.74. The number of benzene rings is 1. The zero-order valence-corrected chi connectivity index (χ0v) is 12.7. The van der Waals surface area contributed by atoms with Gasteiger partial charge in [-0.2, -0.15) is 0 Å². The molecule has 1 heterocycles. The average molecular weight is 286 g/mol. The number of hydrogen-bond acceptors (Lipinski definition) is 2. The maximum Gasteiger partial charge on any atom is 0.315 e. The second-order valence-corrected chi connectivity index (χ2v) is 5.49. The minimum Gasteiger partial charge on any atom is -0.338 e. The molecule has 112 valence electrons. The molecule has 0 spiro atoms. The number of aryl methyl sites for hydroxylation is 1. The summed E-state index contributed by atoms with van der Waals surface area (Å²) in [5, 5.41) is 5.88. The van der Waals surface area contributed by atoms with Gasteiger partial charge in [-0.1, -0.05) is 44.2 Å². The Kier molecular flexibility index (Phi) is 4.98. The average Bonchev–Trinajstić information content (AvgIpc) is 2.89. The van der Waals surface area contributed by atoms with Crippen LogP contribution in [0.3, 0.4) is 0 Å². The topological polar surface area (TPSA) is 59.0 Å². The minimum atomic E-state index is -0.265. The van der Waals surface area contributed by atoms with E-state index in [1.54, 1.807) is 6.20 Å². The van der Waals surface area contributed by atoms with Gasteiger partial charge in [-0.05, 0) is 11.5 Å². The number of carbonyl (C=O) groups excluding carboxylic acids is 1. The molecule has 0 bridgehead atoms. The van der Waals surface area contributed by atoms with Gasteiger partial charge < -0.3 is 15.2 Å². The van der Waals surface area contributed by atoms with Gasteiger partial charge in [-0.3, -0.25) is 0 Å². The van der Waals surface area contributed by atoms with E-state index in [0.717, 1.165) is 11.4 Å². The predicted molar refractivity (Wildman–Crippen MR) is 82.9 cm³/mol. The molecule has 1 atom stereocenters. The van der Waals surface area contributed by atoms with Gasteiger partial charge in [-0.25, -0.2) is 9.78 Å². The van der Waals surface area contributed by atoms with Gasteiger partial charge in [0.05, 0.1) is 0 Å². The molecule has 21 heavy (non-hydrogen) atoms. The number of nitrogens with zero attached hydrogens (tertiary/aromatic N) is 2. The SMILES string of the molecule is CC(C)CNC(=O)N[C@@H](c1ccccc1)c1nccn1C. The normalized spacial score (nSPS) is 12.2. The third kappa shape index (κ3) is 4.08. The molecule has 2 aromatic rings. The van der Waals surface area contributed by atoms with Gasteiger partial charge >= 0.3 is 6.03 Å². The Hall–Kier alpha value is -2.30. The van der Waals surface area contributed by atoms with E-state index in [9.17, 15) is 4.79 Å². The van der Waals surface area contributed by atoms with Crippen LogP contribution in [0.1, 0.15) is 31.3 Å². The standard InChI is InChI=1S/C16H22N4O/c1-12(2)11-18-16(21)19-14(13-7-5-4-6-8-13)15-17-9-10-20(15)3/h4-10,12,14H,11H2,1-3H3,(H2,18,19,21)/t14-/m0/s1. The Morgan fingerprint density at radius 1 is 1.29 bits per heavy atom. The second-order valence-electron chi connectivity index (χ2n) is 5.49. The van der Waals surface area contributed by atoms with Crippen LogP contribution in [0.2, 0.25) is 0 Å². The van der Waals surface area contributed by atoms with Crippen molar-refractivity contribution < 1.29 is 4.79 Å². The van der Waals surface area contributed by atoms with Crippen LogP contribution in [0.4, 0.5) is 4.79 Å². The Balaban J connectivity index is 2.18. The number of aromatic nitrogens is 2. The van der Waals surface area contributed by atoms with Crippen molar-refractivity contribution in [2.24, 2.45) is 13.0 Å². The molecule has 0 saturated carbocycles. The molecule has 1 aromatic carbocycles. The fourth-order valence-electron chi connectivity index (χ4n) is 2.08. The summed E-state index contributed by atoms with van der Waals surface area (Å²) in [6.07, 6.45) is 3.61. The number of imidazole rings is 1. The third-order valence-corrected chi connectivity index (χ3v) is 3.20. The highest BCUT2D eigenvalue weighted by Crippen LogP contribution is 2.19. The molecule has 5 heteroatoms. The Labute approximate surface area is 125 Å². The van der Waals surface area contributed by atoms with Crippen LogP contribution < -0.4 is 10.6 Å². The molecule has 0 radical (unpaired) electrons. The van der Waals surface area contributed by atoms with Crippen molar-refractivity contribution in [1.29, 1.82) is 0 Å². The van der Waals surface area contributed by atoms with Crippen molar-refractivity contribution in [3.8, 4) is 0 Å². The van der Waals surface area contributed by atoms with E-state index in [1.807, 2.05) is 48.1 Å². The lowest BCUT2D eigenvalue weighted by atomic mass is 10.1. The first-order chi connectivity index (χ1) is 10.1. The first kappa shape index (κ1) is 15.1. The highest BCUT2D eigenvalue weighted by Gasteiger charge is 2.20. The summed E-state index contributed by atoms with van der Waals surface area (Å²) >= 11 is 0. The quantitative estimate of drug-likeness (QED) is 0.887. The summed E-state index contributed by atoms with van der Waals surface area (Å²) in [4.78, 5) is 16.4. The number of amides is 2. The second kappa shape index (κ2) is 6.92. The van der Waals surface area contributed by atoms with Crippen molar-refractivity contribution in [3.05, 3.63) is 54.1 Å². The molecule has 0 aliphatic carbocycles. The largest absolute Gasteiger partial charge is 0.338 e. The smallest absolute Gasteiger partial charge is 0.315 e. The number of hydrogen-bond donors (Lipinski definition) is 2. The lowest BCUT2D eigenvalue weighted by Crippen LogP contribution is -2.40. The molecule has 0 aliphatic rings. The van der Waals surface area contributed by atoms with Crippen LogP contribution in [0.15, 0.2) is 42.7 Å². The zero-order valence-electron chi connectivity index (χ0n) is 12.7. The maximum absolute atomic E-state index is 12.1. The molecule has 0 saturated heterocycles. The van der Waals surface area contributed by atoms with Crippen molar-refractivity contribution in [1.82, 2.24) is 20.2 Å². The van der Waals surface area contributed by atoms with E-state index in [1.165, 1.54) is 0 Å². The predicted octanol–water partition coefficient (Wildman–Crippen LogP) is 2.46. The molecule has 5 nitrogen and oxygen atoms in total. The monoisotopic (exact) mass is 286 g/mol. The Morgan fingerprint density at radius 2 is 2.00 bits per heavy atom. The van der Waals surface area contributed by atoms with Gasteiger partial charge in [0.25, 0.3) is 0 Å². The molecule has 1 aromatic heterocycles. The molecule has 0 fully saturated rings. The Morgan fingerprint density at radius 3 is 2.57 bits per heavy atom. The summed E-state index contributed by atoms with van der Waals surface area (Å²) < 4.78 is 1.92. The zero-order chi connectivity index (χ0) is 15.2. The van der Waals surface area contributed by atoms with Crippen LogP contribution in [-0.4, -0.2) is 22.1 Å². The van der Waals surface area contributed by atoms with Gasteiger partial charge in [0.15, 0.2) is 0 Å². The molecule has 2 rings (SSSR count). The van der Waals surface area contributed by atoms with Gasteiger partial charge in [0.2, 0.25) is 0 Å². The van der Waals surface area contributed by atoms with Crippen LogP contribution in [0, 0.1) is 5.92 Å². The highest BCUT2D eigenvalue weighted by atomic mass is 16.2. The summed E-state index contributed by atoms with van der Waals surface area (Å²) in [6, 6.07) is 9.40. The Bertz CT molecular complexity index is 577. The molecular weight excluding hydrogens is 264 g/mol. The van der Waals surface area contributed by atoms with Crippen molar-refractivity contribution >= 4 is 6.03 Å². The summed E-state index contributed by atoms with van der Waals surface area (Å²) in [7, 11) is 1.92. The van der Waals surface area contributed by atoms with Crippen molar-refractivity contribution in [2.75, 3.05) is 6.54 Å². The number of nitrogens with one attached hydrogen (secondary N) is 2. The first-order valence-corrected chi connectivity index (χ1v) is 7.14. The molecule has 0 unspecified atom stereocenters. The van der Waals surface area contributed by atoms with E-state index >= 15 is 0 Å². The van der Waals surface area contributed by atoms with E-state index in [0.29, 0.717) is 12.5 Å². The van der Waals surface area contributed by atoms with Crippen LogP contribution in [0.5, 0.6) is 0 Å². The lowest BCUT2D eigenvalue weighted by Gasteiger charge is -2.20. The summed E-state index contributed by atoms with van der Waals surface area (Å²) in [5.74, 6) is 1.22. The van der Waals surface area contributed by atoms with Gasteiger partial charge in [-0.15, -0.1) is 0 Å². The lowest BCUT2D eigenvalue weighted by molar-refractivity contribution is 0.237. The molecular formula is C16H22N4O. The minimum absolute atomic E-state index is 0.180.